The molecule has 0 bridgehead atoms. The predicted molar refractivity (Wildman–Crippen MR) is 269 cm³/mol. The molecule has 5 N–H and O–H groups in total. The molecule has 15 heteroatoms. The third kappa shape index (κ3) is 16.0. The molecule has 364 valence electrons. The highest BCUT2D eigenvalue weighted by molar-refractivity contribution is 8.00. The van der Waals surface area contributed by atoms with Gasteiger partial charge in [-0.1, -0.05) is 121 Å². The second kappa shape index (κ2) is 24.2. The Morgan fingerprint density at radius 2 is 1.14 bits per heavy atom. The molecular weight excluding hydrogens is 895 g/mol. The fourth-order valence-electron chi connectivity index (χ4n) is 7.44. The van der Waals surface area contributed by atoms with Crippen molar-refractivity contribution in [2.24, 2.45) is 11.7 Å². The molecule has 0 aliphatic carbocycles. The van der Waals surface area contributed by atoms with E-state index < -0.39 is 69.8 Å². The van der Waals surface area contributed by atoms with Gasteiger partial charge in [-0.15, -0.1) is 11.8 Å². The normalized spacial score (nSPS) is 12.9. The lowest BCUT2D eigenvalue weighted by molar-refractivity contribution is -0.129. The molecule has 0 aromatic heterocycles. The molecule has 5 aromatic rings. The fourth-order valence-corrected chi connectivity index (χ4v) is 9.08. The maximum Gasteiger partial charge on any atom is 0.412 e. The van der Waals surface area contributed by atoms with E-state index in [1.807, 2.05) is 97.1 Å². The Morgan fingerprint density at radius 1 is 0.652 bits per heavy atom. The zero-order chi connectivity index (χ0) is 50.2. The van der Waals surface area contributed by atoms with Gasteiger partial charge in [0.1, 0.15) is 23.0 Å². The number of nitrogens with one attached hydrogen (secondary N) is 3. The number of nitrogens with zero attached hydrogens (tertiary/aromatic N) is 1. The monoisotopic (exact) mass is 957 g/mol. The van der Waals surface area contributed by atoms with Crippen LogP contribution in [0.25, 0.3) is 0 Å². The van der Waals surface area contributed by atoms with Crippen molar-refractivity contribution in [2.75, 3.05) is 24.7 Å². The Labute approximate surface area is 409 Å². The van der Waals surface area contributed by atoms with Gasteiger partial charge in [0, 0.05) is 37.9 Å². The summed E-state index contributed by atoms with van der Waals surface area (Å²) in [5.41, 5.74) is 8.52. The molecule has 0 saturated carbocycles. The van der Waals surface area contributed by atoms with Gasteiger partial charge >= 0.3 is 18.3 Å². The first kappa shape index (κ1) is 52.8. The Morgan fingerprint density at radius 3 is 1.62 bits per heavy atom. The number of nitrogens with two attached hydrogens (primary N) is 1. The van der Waals surface area contributed by atoms with Crippen LogP contribution >= 0.6 is 11.8 Å². The third-order valence-corrected chi connectivity index (χ3v) is 12.4. The first-order valence-corrected chi connectivity index (χ1v) is 23.7. The van der Waals surface area contributed by atoms with Gasteiger partial charge in [-0.25, -0.2) is 14.4 Å². The van der Waals surface area contributed by atoms with Crippen molar-refractivity contribution < 1.29 is 43.0 Å². The van der Waals surface area contributed by atoms with Crippen LogP contribution in [0.4, 0.5) is 20.1 Å². The number of Topliss-reactive ketones (excluding diaryl/α,β-unsaturated/α-hetero) is 1. The number of ketones is 1. The highest BCUT2D eigenvalue weighted by Crippen LogP contribution is 2.49. The number of ether oxygens (including phenoxy) is 3. The molecule has 0 spiro atoms. The molecule has 3 atom stereocenters. The first-order valence-electron chi connectivity index (χ1n) is 22.7. The van der Waals surface area contributed by atoms with E-state index in [9.17, 15) is 28.8 Å². The molecule has 5 aromatic carbocycles. The topological polar surface area (TPSA) is 195 Å². The van der Waals surface area contributed by atoms with Crippen molar-refractivity contribution in [1.29, 1.82) is 0 Å². The Balaban J connectivity index is 1.27. The summed E-state index contributed by atoms with van der Waals surface area (Å²) < 4.78 is 15.8. The van der Waals surface area contributed by atoms with E-state index in [0.717, 1.165) is 16.7 Å². The van der Waals surface area contributed by atoms with E-state index >= 15 is 0 Å². The zero-order valence-electron chi connectivity index (χ0n) is 40.2. The van der Waals surface area contributed by atoms with Gasteiger partial charge in [0.25, 0.3) is 0 Å². The molecule has 0 aliphatic rings. The lowest BCUT2D eigenvalue weighted by atomic mass is 9.84. The number of benzene rings is 5. The number of likely N-dealkylation sites (N-methyl/N-ethyl adjacent to an activating group) is 1. The van der Waals surface area contributed by atoms with Crippen molar-refractivity contribution >= 4 is 53.3 Å². The van der Waals surface area contributed by atoms with E-state index in [1.165, 1.54) is 23.7 Å². The molecular formula is C54H63N5O9S. The highest BCUT2D eigenvalue weighted by Gasteiger charge is 2.39. The van der Waals surface area contributed by atoms with Gasteiger partial charge in [0.15, 0.2) is 5.78 Å². The summed E-state index contributed by atoms with van der Waals surface area (Å²) in [6, 6.07) is 42.9. The summed E-state index contributed by atoms with van der Waals surface area (Å²) >= 11 is 1.50. The molecule has 0 radical (unpaired) electrons. The summed E-state index contributed by atoms with van der Waals surface area (Å²) in [5.74, 6) is -2.17. The SMILES string of the molecule is CN(C(=O)OC(C)(C)C)C(CCNC(=O)Oc1ccc(C[C@H](NC(=O)OC(C)(C)C)C(=O)Nc2ccccc2)cc1)C(=O)C[C@@H](CSC(c1ccccc1)(c1ccccc1)c1ccccc1)C(N)=O. The van der Waals surface area contributed by atoms with Gasteiger partial charge in [-0.05, 0) is 94.5 Å². The van der Waals surface area contributed by atoms with E-state index in [-0.39, 0.29) is 37.3 Å². The summed E-state index contributed by atoms with van der Waals surface area (Å²) in [5, 5.41) is 8.12. The standard InChI is InChI=1S/C54H63N5O9S/c1-52(2,3)67-50(64)58-44(48(62)57-42-26-18-11-19-27-42)34-37-28-30-43(31-29-37)66-49(63)56-33-32-45(59(7)51(65)68-53(4,5)6)46(60)35-38(47(55)61)36-69-54(39-20-12-8-13-21-39,40-22-14-9-15-23-40)41-24-16-10-17-25-41/h8-31,38,44-45H,32-36H2,1-7H3,(H2,55,61)(H,56,63)(H,57,62)(H,58,64)/t38-,44-,45?/m0/s1. The molecule has 5 amide bonds. The quantitative estimate of drug-likeness (QED) is 0.0546. The average Bonchev–Trinajstić information content (AvgIpc) is 3.30. The Bertz CT molecular complexity index is 2380. The minimum absolute atomic E-state index is 0.0414. The van der Waals surface area contributed by atoms with E-state index in [2.05, 4.69) is 16.0 Å². The average molecular weight is 958 g/mol. The fraction of sp³-hybridized carbons (Fsp3) is 0.333. The van der Waals surface area contributed by atoms with Crippen LogP contribution in [0, 0.1) is 5.92 Å². The van der Waals surface area contributed by atoms with Crippen molar-refractivity contribution in [3.05, 3.63) is 168 Å². The molecule has 69 heavy (non-hydrogen) atoms. The van der Waals surface area contributed by atoms with Crippen molar-refractivity contribution in [3.8, 4) is 5.75 Å². The first-order chi connectivity index (χ1) is 32.7. The molecule has 1 unspecified atom stereocenters. The largest absolute Gasteiger partial charge is 0.444 e. The zero-order valence-corrected chi connectivity index (χ0v) is 41.0. The number of primary amides is 1. The summed E-state index contributed by atoms with van der Waals surface area (Å²) in [6.07, 6.45) is -2.58. The second-order valence-corrected chi connectivity index (χ2v) is 19.7. The third-order valence-electron chi connectivity index (χ3n) is 10.7. The molecule has 14 nitrogen and oxygen atoms in total. The van der Waals surface area contributed by atoms with Crippen LogP contribution in [-0.4, -0.2) is 83.4 Å². The smallest absolute Gasteiger partial charge is 0.412 e. The maximum absolute atomic E-state index is 14.4. The predicted octanol–water partition coefficient (Wildman–Crippen LogP) is 9.26. The van der Waals surface area contributed by atoms with Crippen LogP contribution in [0.3, 0.4) is 0 Å². The minimum atomic E-state index is -1.12. The van der Waals surface area contributed by atoms with Crippen molar-refractivity contribution in [3.63, 3.8) is 0 Å². The summed E-state index contributed by atoms with van der Waals surface area (Å²) in [7, 11) is 1.44. The number of amides is 5. The number of para-hydroxylation sites is 1. The van der Waals surface area contributed by atoms with Gasteiger partial charge < -0.3 is 40.8 Å². The number of thioether (sulfide) groups is 1. The second-order valence-electron chi connectivity index (χ2n) is 18.5. The number of anilines is 1. The van der Waals surface area contributed by atoms with Gasteiger partial charge in [-0.3, -0.25) is 14.4 Å². The number of hydrogen-bond acceptors (Lipinski definition) is 10. The van der Waals surface area contributed by atoms with Crippen LogP contribution in [0.15, 0.2) is 146 Å². The van der Waals surface area contributed by atoms with Gasteiger partial charge in [0.2, 0.25) is 11.8 Å². The summed E-state index contributed by atoms with van der Waals surface area (Å²) in [6.45, 7) is 10.2. The molecule has 5 rings (SSSR count). The molecule has 0 saturated heterocycles. The van der Waals surface area contributed by atoms with Gasteiger partial charge in [-0.2, -0.15) is 0 Å². The maximum atomic E-state index is 14.4. The van der Waals surface area contributed by atoms with Gasteiger partial charge in [0.05, 0.1) is 16.7 Å². The molecule has 0 aliphatic heterocycles. The van der Waals surface area contributed by atoms with E-state index in [0.29, 0.717) is 11.3 Å². The summed E-state index contributed by atoms with van der Waals surface area (Å²) in [4.78, 5) is 81.3. The highest BCUT2D eigenvalue weighted by atomic mass is 32.2. The van der Waals surface area contributed by atoms with Crippen LogP contribution in [-0.2, 0) is 35.0 Å². The lowest BCUT2D eigenvalue weighted by Crippen LogP contribution is -2.47. The Hall–Kier alpha value is -7.13. The number of hydrogen-bond donors (Lipinski definition) is 4. The van der Waals surface area contributed by atoms with Crippen LogP contribution < -0.4 is 26.4 Å². The minimum Gasteiger partial charge on any atom is -0.444 e. The van der Waals surface area contributed by atoms with Crippen LogP contribution in [0.1, 0.15) is 76.6 Å². The lowest BCUT2D eigenvalue weighted by Gasteiger charge is -2.36. The number of carbonyl (C=O) groups is 6. The van der Waals surface area contributed by atoms with Crippen LogP contribution in [0.5, 0.6) is 5.75 Å². The number of rotatable bonds is 20. The molecule has 0 fully saturated rings. The van der Waals surface area contributed by atoms with Crippen molar-refractivity contribution in [1.82, 2.24) is 15.5 Å². The molecule has 0 heterocycles. The number of alkyl carbamates (subject to hydrolysis) is 1. The van der Waals surface area contributed by atoms with E-state index in [1.54, 1.807) is 90.1 Å². The van der Waals surface area contributed by atoms with E-state index in [4.69, 9.17) is 19.9 Å². The Kier molecular flexibility index (Phi) is 18.6. The van der Waals surface area contributed by atoms with Crippen molar-refractivity contribution in [2.45, 2.75) is 88.8 Å². The van der Waals surface area contributed by atoms with Crippen LogP contribution in [0.2, 0.25) is 0 Å². The number of carbonyl (C=O) groups excluding carboxylic acids is 6.